The molecule has 1 aliphatic heterocycles. The predicted molar refractivity (Wildman–Crippen MR) is 121 cm³/mol. The minimum atomic E-state index is 0. The van der Waals surface area contributed by atoms with Crippen LogP contribution in [-0.2, 0) is 21.1 Å². The van der Waals surface area contributed by atoms with Gasteiger partial charge < -0.3 is 19.5 Å². The summed E-state index contributed by atoms with van der Waals surface area (Å²) in [5, 5.41) is 4.36. The van der Waals surface area contributed by atoms with Crippen molar-refractivity contribution in [2.75, 3.05) is 0 Å². The topological polar surface area (TPSA) is 62.2 Å². The predicted octanol–water partition coefficient (Wildman–Crippen LogP) is 6.77. The third kappa shape index (κ3) is 4.96. The van der Waals surface area contributed by atoms with Crippen LogP contribution in [0.3, 0.4) is 0 Å². The molecule has 0 N–H and O–H groups in total. The van der Waals surface area contributed by atoms with E-state index in [1.165, 1.54) is 0 Å². The Kier molecular flexibility index (Phi) is 6.78. The van der Waals surface area contributed by atoms with Crippen LogP contribution in [0.25, 0.3) is 33.7 Å². The first-order valence-corrected chi connectivity index (χ1v) is 9.79. The standard InChI is InChI=1S/C15H9N2O2.C11H8N.Pt/c1-3-7-12-10(5-1)16-14(18-12)9-15-17-11-6-2-4-8-13(11)19-15;1-2-6-10(7-3-1)11-8-4-5-9-12-11;/h1-9H;1-6,8-9H;/q2*-1;+2/b14-9+;;. The Morgan fingerprint density at radius 1 is 0.844 bits per heavy atom. The number of oxazole rings is 1. The minimum absolute atomic E-state index is 0. The summed E-state index contributed by atoms with van der Waals surface area (Å²) in [5.41, 5.74) is 4.41. The summed E-state index contributed by atoms with van der Waals surface area (Å²) < 4.78 is 11.2. The Morgan fingerprint density at radius 2 is 1.66 bits per heavy atom. The molecule has 158 valence electrons. The molecule has 2 aromatic heterocycles. The Morgan fingerprint density at radius 3 is 2.44 bits per heavy atom. The molecule has 0 fully saturated rings. The van der Waals surface area contributed by atoms with Crippen LogP contribution < -0.4 is 4.74 Å². The quantitative estimate of drug-likeness (QED) is 0.211. The van der Waals surface area contributed by atoms with Gasteiger partial charge in [-0.2, -0.15) is 0 Å². The molecule has 0 amide bonds. The van der Waals surface area contributed by atoms with Crippen molar-refractivity contribution in [1.82, 2.24) is 9.97 Å². The second kappa shape index (κ2) is 10.1. The van der Waals surface area contributed by atoms with Gasteiger partial charge in [0.2, 0.25) is 5.89 Å². The molecule has 1 aliphatic rings. The van der Waals surface area contributed by atoms with Gasteiger partial charge in [0.25, 0.3) is 0 Å². The van der Waals surface area contributed by atoms with Crippen molar-refractivity contribution in [1.29, 1.82) is 0 Å². The molecule has 32 heavy (non-hydrogen) atoms. The summed E-state index contributed by atoms with van der Waals surface area (Å²) in [6.45, 7) is 0. The van der Waals surface area contributed by atoms with Gasteiger partial charge in [-0.1, -0.05) is 48.2 Å². The van der Waals surface area contributed by atoms with Gasteiger partial charge in [-0.15, -0.1) is 35.9 Å². The van der Waals surface area contributed by atoms with Crippen molar-refractivity contribution in [2.45, 2.75) is 0 Å². The fraction of sp³-hybridized carbons (Fsp3) is 0. The van der Waals surface area contributed by atoms with E-state index in [-0.39, 0.29) is 21.1 Å². The van der Waals surface area contributed by atoms with Crippen LogP contribution in [0.2, 0.25) is 0 Å². The van der Waals surface area contributed by atoms with Crippen LogP contribution in [0.4, 0.5) is 5.69 Å². The van der Waals surface area contributed by atoms with E-state index < -0.39 is 0 Å². The zero-order chi connectivity index (χ0) is 20.9. The fourth-order valence-electron chi connectivity index (χ4n) is 3.08. The van der Waals surface area contributed by atoms with Crippen LogP contribution in [-0.4, -0.2) is 9.97 Å². The van der Waals surface area contributed by atoms with E-state index in [0.717, 1.165) is 33.8 Å². The average Bonchev–Trinajstić information content (AvgIpc) is 3.43. The zero-order valence-electron chi connectivity index (χ0n) is 16.8. The van der Waals surface area contributed by atoms with E-state index in [4.69, 9.17) is 9.15 Å². The first-order chi connectivity index (χ1) is 15.3. The molecule has 3 aromatic carbocycles. The van der Waals surface area contributed by atoms with Gasteiger partial charge in [0.15, 0.2) is 5.58 Å². The van der Waals surface area contributed by atoms with Gasteiger partial charge in [0, 0.05) is 18.2 Å². The first kappa shape index (κ1) is 21.5. The van der Waals surface area contributed by atoms with Crippen molar-refractivity contribution in [3.63, 3.8) is 0 Å². The van der Waals surface area contributed by atoms with E-state index in [2.05, 4.69) is 21.4 Å². The molecule has 5 nitrogen and oxygen atoms in total. The molecule has 6 rings (SSSR count). The largest absolute Gasteiger partial charge is 2.00 e. The van der Waals surface area contributed by atoms with Gasteiger partial charge in [0.05, 0.1) is 0 Å². The van der Waals surface area contributed by atoms with Crippen molar-refractivity contribution in [3.8, 4) is 17.0 Å². The molecule has 3 heterocycles. The molecule has 6 heteroatoms. The van der Waals surface area contributed by atoms with E-state index in [9.17, 15) is 0 Å². The Labute approximate surface area is 200 Å². The Bertz CT molecular complexity index is 1240. The Balaban J connectivity index is 0.000000164. The second-order valence-electron chi connectivity index (χ2n) is 6.68. The summed E-state index contributed by atoms with van der Waals surface area (Å²) >= 11 is 0. The molecule has 5 aromatic rings. The van der Waals surface area contributed by atoms with Crippen LogP contribution in [0.1, 0.15) is 5.89 Å². The monoisotopic (exact) mass is 598 g/mol. The first-order valence-electron chi connectivity index (χ1n) is 9.79. The van der Waals surface area contributed by atoms with Crippen LogP contribution >= 0.6 is 0 Å². The number of hydrogen-bond donors (Lipinski definition) is 0. The van der Waals surface area contributed by atoms with Gasteiger partial charge in [-0.3, -0.25) is 0 Å². The zero-order valence-corrected chi connectivity index (χ0v) is 19.1. The van der Waals surface area contributed by atoms with Crippen molar-refractivity contribution in [2.24, 2.45) is 0 Å². The summed E-state index contributed by atoms with van der Waals surface area (Å²) in [4.78, 5) is 8.57. The van der Waals surface area contributed by atoms with Gasteiger partial charge in [0.1, 0.15) is 11.3 Å². The maximum Gasteiger partial charge on any atom is 2.00 e. The molecular weight excluding hydrogens is 581 g/mol. The summed E-state index contributed by atoms with van der Waals surface area (Å²) in [6, 6.07) is 32.1. The molecule has 0 aliphatic carbocycles. The third-order valence-electron chi connectivity index (χ3n) is 4.52. The number of para-hydroxylation sites is 4. The number of ether oxygens (including phenoxy) is 1. The molecule has 0 saturated carbocycles. The number of fused-ring (bicyclic) bond motifs is 2. The number of hydrogen-bond acceptors (Lipinski definition) is 4. The maximum atomic E-state index is 5.60. The van der Waals surface area contributed by atoms with E-state index in [1.54, 1.807) is 12.3 Å². The molecule has 0 atom stereocenters. The average molecular weight is 599 g/mol. The van der Waals surface area contributed by atoms with E-state index in [0.29, 0.717) is 11.8 Å². The molecule has 0 unspecified atom stereocenters. The van der Waals surface area contributed by atoms with Crippen LogP contribution in [0.15, 0.2) is 107 Å². The number of benzene rings is 3. The molecule has 0 bridgehead atoms. The van der Waals surface area contributed by atoms with Crippen molar-refractivity contribution in [3.05, 3.63) is 120 Å². The van der Waals surface area contributed by atoms with Crippen LogP contribution in [0.5, 0.6) is 5.75 Å². The minimum Gasteiger partial charge on any atom is -0.624 e. The fourth-order valence-corrected chi connectivity index (χ4v) is 3.08. The number of pyridine rings is 1. The third-order valence-corrected chi connectivity index (χ3v) is 4.52. The van der Waals surface area contributed by atoms with Gasteiger partial charge in [-0.25, -0.2) is 4.98 Å². The summed E-state index contributed by atoms with van der Waals surface area (Å²) in [5.74, 6) is 1.74. The summed E-state index contributed by atoms with van der Waals surface area (Å²) in [6.07, 6.45) is 3.48. The van der Waals surface area contributed by atoms with Crippen molar-refractivity contribution < 1.29 is 30.2 Å². The maximum absolute atomic E-state index is 5.60. The van der Waals surface area contributed by atoms with E-state index in [1.807, 2.05) is 91.0 Å². The molecule has 0 spiro atoms. The summed E-state index contributed by atoms with van der Waals surface area (Å²) in [7, 11) is 0. The number of rotatable bonds is 2. The molecule has 0 saturated heterocycles. The second-order valence-corrected chi connectivity index (χ2v) is 6.68. The number of nitrogens with zero attached hydrogens (tertiary/aromatic N) is 3. The molecule has 0 radical (unpaired) electrons. The van der Waals surface area contributed by atoms with Gasteiger partial charge >= 0.3 is 21.1 Å². The van der Waals surface area contributed by atoms with E-state index >= 15 is 0 Å². The normalized spacial score (nSPS) is 12.7. The van der Waals surface area contributed by atoms with Gasteiger partial charge in [-0.05, 0) is 30.0 Å². The number of aromatic nitrogens is 2. The van der Waals surface area contributed by atoms with Crippen molar-refractivity contribution >= 4 is 22.9 Å². The smallest absolute Gasteiger partial charge is 0.624 e. The SMILES string of the molecule is C(=C1/[N-]c2ccccc2O1)/c1nc2ccccc2o1.[Pt+2].[c-]1ccccc1-c1ccccn1. The Hall–Kier alpha value is -3.69. The van der Waals surface area contributed by atoms with Crippen LogP contribution in [0, 0.1) is 6.07 Å². The molecular formula is C26H17N3O2Pt.